The second-order valence-corrected chi connectivity index (χ2v) is 7.61. The summed E-state index contributed by atoms with van der Waals surface area (Å²) in [5.74, 6) is 0.734. The average molecular weight is 308 g/mol. The van der Waals surface area contributed by atoms with Crippen molar-refractivity contribution in [1.82, 2.24) is 9.62 Å². The summed E-state index contributed by atoms with van der Waals surface area (Å²) in [5, 5.41) is 0. The normalized spacial score (nSPS) is 24.5. The van der Waals surface area contributed by atoms with E-state index < -0.39 is 10.0 Å². The van der Waals surface area contributed by atoms with E-state index in [0.717, 1.165) is 19.4 Å². The molecule has 1 amide bonds. The van der Waals surface area contributed by atoms with E-state index in [0.29, 0.717) is 12.0 Å². The van der Waals surface area contributed by atoms with Crippen molar-refractivity contribution in [2.45, 2.75) is 36.6 Å². The van der Waals surface area contributed by atoms with Crippen LogP contribution in [0.2, 0.25) is 0 Å². The second kappa shape index (κ2) is 5.77. The van der Waals surface area contributed by atoms with Crippen LogP contribution in [-0.4, -0.2) is 38.4 Å². The molecule has 1 aromatic rings. The summed E-state index contributed by atoms with van der Waals surface area (Å²) in [6, 6.07) is 8.62. The van der Waals surface area contributed by atoms with Gasteiger partial charge in [0.2, 0.25) is 15.9 Å². The lowest BCUT2D eigenvalue weighted by molar-refractivity contribution is -0.132. The average Bonchev–Trinajstić information content (AvgIpc) is 3.10. The van der Waals surface area contributed by atoms with E-state index in [2.05, 4.69) is 4.72 Å². The van der Waals surface area contributed by atoms with Crippen LogP contribution < -0.4 is 4.72 Å². The molecule has 3 rings (SSSR count). The summed E-state index contributed by atoms with van der Waals surface area (Å²) in [7, 11) is -3.51. The van der Waals surface area contributed by atoms with Crippen molar-refractivity contribution in [3.8, 4) is 0 Å². The Labute approximate surface area is 125 Å². The first-order valence-corrected chi connectivity index (χ1v) is 8.89. The predicted molar refractivity (Wildman–Crippen MR) is 79.1 cm³/mol. The van der Waals surface area contributed by atoms with E-state index in [1.165, 1.54) is 6.42 Å². The number of carbonyl (C=O) groups is 1. The summed E-state index contributed by atoms with van der Waals surface area (Å²) in [5.41, 5.74) is 0. The minimum atomic E-state index is -3.51. The third-order valence-electron chi connectivity index (χ3n) is 4.41. The van der Waals surface area contributed by atoms with E-state index in [1.807, 2.05) is 4.90 Å². The van der Waals surface area contributed by atoms with Gasteiger partial charge in [-0.1, -0.05) is 18.2 Å². The first-order valence-electron chi connectivity index (χ1n) is 7.40. The molecule has 6 heteroatoms. The molecule has 1 aliphatic carbocycles. The van der Waals surface area contributed by atoms with Crippen LogP contribution >= 0.6 is 0 Å². The van der Waals surface area contributed by atoms with Crippen LogP contribution in [0.5, 0.6) is 0 Å². The van der Waals surface area contributed by atoms with Crippen LogP contribution in [0.15, 0.2) is 35.2 Å². The van der Waals surface area contributed by atoms with Gasteiger partial charge in [0, 0.05) is 25.6 Å². The quantitative estimate of drug-likeness (QED) is 0.893. The van der Waals surface area contributed by atoms with Gasteiger partial charge in [0.15, 0.2) is 0 Å². The number of sulfonamides is 1. The van der Waals surface area contributed by atoms with Crippen molar-refractivity contribution < 1.29 is 13.2 Å². The molecule has 2 bridgehead atoms. The molecule has 1 aromatic carbocycles. The number of hydrogen-bond donors (Lipinski definition) is 1. The van der Waals surface area contributed by atoms with Crippen molar-refractivity contribution in [1.29, 1.82) is 0 Å². The molecule has 1 aliphatic heterocycles. The summed E-state index contributed by atoms with van der Waals surface area (Å²) in [4.78, 5) is 14.3. The summed E-state index contributed by atoms with van der Waals surface area (Å²) >= 11 is 0. The van der Waals surface area contributed by atoms with Gasteiger partial charge in [0.1, 0.15) is 0 Å². The standard InChI is InChI=1S/C15H20N2O3S/c18-15(17-11-12-6-7-13(17)10-12)8-9-16-21(19,20)14-4-2-1-3-5-14/h1-5,12-13,16H,6-11H2. The fourth-order valence-electron chi connectivity index (χ4n) is 3.35. The zero-order valence-corrected chi connectivity index (χ0v) is 12.7. The van der Waals surface area contributed by atoms with E-state index in [9.17, 15) is 13.2 Å². The number of likely N-dealkylation sites (tertiary alicyclic amines) is 1. The minimum Gasteiger partial charge on any atom is -0.339 e. The van der Waals surface area contributed by atoms with E-state index in [1.54, 1.807) is 30.3 Å². The maximum atomic E-state index is 12.1. The molecule has 0 radical (unpaired) electrons. The predicted octanol–water partition coefficient (Wildman–Crippen LogP) is 1.37. The molecule has 0 spiro atoms. The molecule has 21 heavy (non-hydrogen) atoms. The number of rotatable bonds is 5. The molecule has 2 unspecified atom stereocenters. The third kappa shape index (κ3) is 3.11. The Balaban J connectivity index is 1.51. The number of carbonyl (C=O) groups excluding carboxylic acids is 1. The number of benzene rings is 1. The lowest BCUT2D eigenvalue weighted by Crippen LogP contribution is -2.39. The summed E-state index contributed by atoms with van der Waals surface area (Å²) < 4.78 is 26.6. The summed E-state index contributed by atoms with van der Waals surface area (Å²) in [6.45, 7) is 1.01. The fourth-order valence-corrected chi connectivity index (χ4v) is 4.40. The Bertz CT molecular complexity index is 615. The zero-order chi connectivity index (χ0) is 14.9. The lowest BCUT2D eigenvalue weighted by Gasteiger charge is -2.27. The zero-order valence-electron chi connectivity index (χ0n) is 11.9. The number of amides is 1. The molecule has 1 saturated heterocycles. The van der Waals surface area contributed by atoms with Crippen LogP contribution in [0.25, 0.3) is 0 Å². The molecule has 1 saturated carbocycles. The Morgan fingerprint density at radius 2 is 2.00 bits per heavy atom. The van der Waals surface area contributed by atoms with Gasteiger partial charge < -0.3 is 4.90 Å². The number of nitrogens with one attached hydrogen (secondary N) is 1. The molecule has 2 fully saturated rings. The van der Waals surface area contributed by atoms with Gasteiger partial charge in [0.05, 0.1) is 4.90 Å². The molecule has 0 aromatic heterocycles. The number of hydrogen-bond acceptors (Lipinski definition) is 3. The first kappa shape index (κ1) is 14.5. The fraction of sp³-hybridized carbons (Fsp3) is 0.533. The Kier molecular flexibility index (Phi) is 3.99. The molecule has 2 atom stereocenters. The van der Waals surface area contributed by atoms with Crippen molar-refractivity contribution >= 4 is 15.9 Å². The van der Waals surface area contributed by atoms with Crippen molar-refractivity contribution in [3.63, 3.8) is 0 Å². The van der Waals surface area contributed by atoms with E-state index in [4.69, 9.17) is 0 Å². The van der Waals surface area contributed by atoms with Gasteiger partial charge in [-0.3, -0.25) is 4.79 Å². The SMILES string of the molecule is O=C(CCNS(=O)(=O)c1ccccc1)N1CC2CCC1C2. The Morgan fingerprint density at radius 3 is 2.62 bits per heavy atom. The Hall–Kier alpha value is -1.40. The van der Waals surface area contributed by atoms with Crippen LogP contribution in [0.4, 0.5) is 0 Å². The van der Waals surface area contributed by atoms with Crippen LogP contribution in [0, 0.1) is 5.92 Å². The lowest BCUT2D eigenvalue weighted by atomic mass is 10.1. The Morgan fingerprint density at radius 1 is 1.24 bits per heavy atom. The van der Waals surface area contributed by atoms with Gasteiger partial charge in [-0.15, -0.1) is 0 Å². The topological polar surface area (TPSA) is 66.5 Å². The molecule has 2 aliphatic rings. The first-order chi connectivity index (χ1) is 10.1. The van der Waals surface area contributed by atoms with Crippen LogP contribution in [0.3, 0.4) is 0 Å². The summed E-state index contributed by atoms with van der Waals surface area (Å²) in [6.07, 6.45) is 3.69. The number of nitrogens with zero attached hydrogens (tertiary/aromatic N) is 1. The molecule has 5 nitrogen and oxygen atoms in total. The van der Waals surface area contributed by atoms with E-state index in [-0.39, 0.29) is 23.8 Å². The highest BCUT2D eigenvalue weighted by Crippen LogP contribution is 2.37. The van der Waals surface area contributed by atoms with Crippen molar-refractivity contribution in [3.05, 3.63) is 30.3 Å². The van der Waals surface area contributed by atoms with Gasteiger partial charge in [-0.2, -0.15) is 0 Å². The maximum Gasteiger partial charge on any atom is 0.240 e. The minimum absolute atomic E-state index is 0.0676. The van der Waals surface area contributed by atoms with Gasteiger partial charge >= 0.3 is 0 Å². The van der Waals surface area contributed by atoms with Gasteiger partial charge in [-0.05, 0) is 37.3 Å². The van der Waals surface area contributed by atoms with E-state index >= 15 is 0 Å². The highest BCUT2D eigenvalue weighted by Gasteiger charge is 2.39. The molecule has 1 N–H and O–H groups in total. The molecular weight excluding hydrogens is 288 g/mol. The molecule has 114 valence electrons. The molecule has 1 heterocycles. The largest absolute Gasteiger partial charge is 0.339 e. The highest BCUT2D eigenvalue weighted by molar-refractivity contribution is 7.89. The van der Waals surface area contributed by atoms with Gasteiger partial charge in [-0.25, -0.2) is 13.1 Å². The van der Waals surface area contributed by atoms with Crippen molar-refractivity contribution in [2.24, 2.45) is 5.92 Å². The number of piperidine rings is 1. The van der Waals surface area contributed by atoms with Crippen molar-refractivity contribution in [2.75, 3.05) is 13.1 Å². The third-order valence-corrected chi connectivity index (χ3v) is 5.89. The highest BCUT2D eigenvalue weighted by atomic mass is 32.2. The van der Waals surface area contributed by atoms with Gasteiger partial charge in [0.25, 0.3) is 0 Å². The monoisotopic (exact) mass is 308 g/mol. The maximum absolute atomic E-state index is 12.1. The molecular formula is C15H20N2O3S. The smallest absolute Gasteiger partial charge is 0.240 e. The number of fused-ring (bicyclic) bond motifs is 2. The van der Waals surface area contributed by atoms with Crippen LogP contribution in [-0.2, 0) is 14.8 Å². The second-order valence-electron chi connectivity index (χ2n) is 5.84. The van der Waals surface area contributed by atoms with Crippen LogP contribution in [0.1, 0.15) is 25.7 Å².